The fraction of sp³-hybridized carbons (Fsp3) is 0.278. The first-order valence-electron chi connectivity index (χ1n) is 15.2. The maximum Gasteiger partial charge on any atom is 0.196 e. The summed E-state index contributed by atoms with van der Waals surface area (Å²) in [5, 5.41) is 23.0. The van der Waals surface area contributed by atoms with Crippen LogP contribution in [0.1, 0.15) is 0 Å². The van der Waals surface area contributed by atoms with Crippen LogP contribution in [0, 0.1) is 0 Å². The van der Waals surface area contributed by atoms with Crippen molar-refractivity contribution in [3.05, 3.63) is 105 Å². The number of aliphatic hydroxyl groups is 2. The molecule has 47 heavy (non-hydrogen) atoms. The van der Waals surface area contributed by atoms with E-state index in [1.54, 1.807) is 46.9 Å². The molecule has 0 saturated heterocycles. The SMILES string of the molecule is O=c1c2ccccc2sc2ccc(OCC(O)COCCOCCOCC(O)COc3ccc4sc5ccccc5c(=O)c4c3)cc12. The smallest absolute Gasteiger partial charge is 0.196 e. The van der Waals surface area contributed by atoms with E-state index in [9.17, 15) is 19.8 Å². The van der Waals surface area contributed by atoms with Crippen LogP contribution in [0.15, 0.2) is 94.5 Å². The van der Waals surface area contributed by atoms with E-state index < -0.39 is 12.2 Å². The highest BCUT2D eigenvalue weighted by Crippen LogP contribution is 2.28. The average Bonchev–Trinajstić information content (AvgIpc) is 3.09. The van der Waals surface area contributed by atoms with Crippen molar-refractivity contribution in [3.8, 4) is 11.5 Å². The molecular weight excluding hydrogens is 641 g/mol. The molecule has 2 heterocycles. The quantitative estimate of drug-likeness (QED) is 0.103. The van der Waals surface area contributed by atoms with Crippen LogP contribution < -0.4 is 20.3 Å². The predicted molar refractivity (Wildman–Crippen MR) is 187 cm³/mol. The summed E-state index contributed by atoms with van der Waals surface area (Å²) >= 11 is 3.11. The maximum atomic E-state index is 12.9. The molecule has 6 rings (SSSR count). The molecule has 2 atom stereocenters. The Bertz CT molecular complexity index is 1940. The van der Waals surface area contributed by atoms with Gasteiger partial charge in [0.05, 0.1) is 39.6 Å². The normalized spacial score (nSPS) is 13.0. The minimum Gasteiger partial charge on any atom is -0.491 e. The number of ether oxygens (including phenoxy) is 5. The Morgan fingerprint density at radius 2 is 0.894 bits per heavy atom. The molecule has 0 amide bonds. The van der Waals surface area contributed by atoms with E-state index in [0.29, 0.717) is 46.3 Å². The number of rotatable bonds is 16. The Hall–Kier alpha value is -3.94. The lowest BCUT2D eigenvalue weighted by molar-refractivity contribution is -0.0320. The topological polar surface area (TPSA) is 121 Å². The zero-order chi connectivity index (χ0) is 32.6. The fourth-order valence-electron chi connectivity index (χ4n) is 5.00. The summed E-state index contributed by atoms with van der Waals surface area (Å²) in [6, 6.07) is 25.8. The fourth-order valence-corrected chi connectivity index (χ4v) is 7.11. The average molecular weight is 675 g/mol. The Labute approximate surface area is 278 Å². The lowest BCUT2D eigenvalue weighted by Crippen LogP contribution is -2.25. The second-order valence-corrected chi connectivity index (χ2v) is 13.0. The van der Waals surface area contributed by atoms with Crippen LogP contribution in [0.5, 0.6) is 11.5 Å². The molecule has 2 N–H and O–H groups in total. The third kappa shape index (κ3) is 8.32. The zero-order valence-corrected chi connectivity index (χ0v) is 27.1. The van der Waals surface area contributed by atoms with Crippen molar-refractivity contribution < 1.29 is 33.9 Å². The lowest BCUT2D eigenvalue weighted by Gasteiger charge is -2.14. The van der Waals surface area contributed by atoms with Crippen molar-refractivity contribution in [2.24, 2.45) is 0 Å². The molecule has 2 unspecified atom stereocenters. The van der Waals surface area contributed by atoms with Crippen molar-refractivity contribution in [1.29, 1.82) is 0 Å². The highest BCUT2D eigenvalue weighted by atomic mass is 32.1. The Morgan fingerprint density at radius 3 is 1.36 bits per heavy atom. The molecule has 0 fully saturated rings. The summed E-state index contributed by atoms with van der Waals surface area (Å²) in [6.45, 7) is 1.39. The van der Waals surface area contributed by atoms with Gasteiger partial charge in [-0.15, -0.1) is 22.7 Å². The van der Waals surface area contributed by atoms with Crippen molar-refractivity contribution >= 4 is 63.0 Å². The van der Waals surface area contributed by atoms with Crippen LogP contribution in [0.25, 0.3) is 40.3 Å². The summed E-state index contributed by atoms with van der Waals surface area (Å²) < 4.78 is 31.5. The van der Waals surface area contributed by atoms with Crippen molar-refractivity contribution in [1.82, 2.24) is 0 Å². The van der Waals surface area contributed by atoms with E-state index >= 15 is 0 Å². The van der Waals surface area contributed by atoms with Gasteiger partial charge in [0, 0.05) is 40.3 Å². The van der Waals surface area contributed by atoms with Crippen molar-refractivity contribution in [2.45, 2.75) is 12.2 Å². The van der Waals surface area contributed by atoms with Gasteiger partial charge in [-0.2, -0.15) is 0 Å². The van der Waals surface area contributed by atoms with Crippen LogP contribution in [0.2, 0.25) is 0 Å². The predicted octanol–water partition coefficient (Wildman–Crippen LogP) is 5.37. The van der Waals surface area contributed by atoms with Crippen LogP contribution >= 0.6 is 22.7 Å². The lowest BCUT2D eigenvalue weighted by atomic mass is 10.2. The molecule has 0 saturated carbocycles. The summed E-state index contributed by atoms with van der Waals surface area (Å²) in [5.74, 6) is 1.02. The molecule has 244 valence electrons. The summed E-state index contributed by atoms with van der Waals surface area (Å²) in [4.78, 5) is 25.8. The molecule has 0 radical (unpaired) electrons. The molecule has 2 aromatic heterocycles. The van der Waals surface area contributed by atoms with Crippen LogP contribution in [0.4, 0.5) is 0 Å². The van der Waals surface area contributed by atoms with Gasteiger partial charge in [-0.25, -0.2) is 0 Å². The third-order valence-corrected chi connectivity index (χ3v) is 9.65. The highest BCUT2D eigenvalue weighted by Gasteiger charge is 2.11. The monoisotopic (exact) mass is 674 g/mol. The minimum atomic E-state index is -0.846. The number of hydrogen-bond donors (Lipinski definition) is 2. The Balaban J connectivity index is 0.825. The standard InChI is InChI=1S/C36H34O9S2/c37-23(21-44-25-9-11-33-29(17-25)35(39)27-5-1-3-7-31(27)46-33)19-42-15-13-41-14-16-43-20-24(38)22-45-26-10-12-34-30(18-26)36(40)28-6-2-4-8-32(28)47-34/h1-12,17-18,23-24,37-38H,13-16,19-22H2. The van der Waals surface area contributed by atoms with Gasteiger partial charge in [0.1, 0.15) is 36.9 Å². The molecular formula is C36H34O9S2. The van der Waals surface area contributed by atoms with E-state index in [0.717, 1.165) is 18.8 Å². The van der Waals surface area contributed by atoms with Gasteiger partial charge in [0.2, 0.25) is 0 Å². The van der Waals surface area contributed by atoms with Crippen LogP contribution in [-0.4, -0.2) is 75.3 Å². The Kier molecular flexibility index (Phi) is 11.1. The van der Waals surface area contributed by atoms with E-state index in [2.05, 4.69) is 0 Å². The van der Waals surface area contributed by atoms with E-state index in [-0.39, 0.29) is 50.5 Å². The molecule has 0 aliphatic carbocycles. The Morgan fingerprint density at radius 1 is 0.489 bits per heavy atom. The number of benzene rings is 4. The molecule has 9 nitrogen and oxygen atoms in total. The van der Waals surface area contributed by atoms with Crippen LogP contribution in [0.3, 0.4) is 0 Å². The second-order valence-electron chi connectivity index (χ2n) is 10.9. The van der Waals surface area contributed by atoms with Gasteiger partial charge < -0.3 is 33.9 Å². The largest absolute Gasteiger partial charge is 0.491 e. The van der Waals surface area contributed by atoms with Crippen molar-refractivity contribution in [3.63, 3.8) is 0 Å². The summed E-state index contributed by atoms with van der Waals surface area (Å²) in [6.07, 6.45) is -1.69. The van der Waals surface area contributed by atoms with E-state index in [1.165, 1.54) is 0 Å². The summed E-state index contributed by atoms with van der Waals surface area (Å²) in [5.41, 5.74) is -0.0716. The number of hydrogen-bond acceptors (Lipinski definition) is 11. The second kappa shape index (κ2) is 15.8. The van der Waals surface area contributed by atoms with Gasteiger partial charge in [0.25, 0.3) is 0 Å². The summed E-state index contributed by atoms with van der Waals surface area (Å²) in [7, 11) is 0. The minimum absolute atomic E-state index is 0.0235. The number of fused-ring (bicyclic) bond motifs is 4. The van der Waals surface area contributed by atoms with Gasteiger partial charge in [-0.1, -0.05) is 24.3 Å². The first-order valence-corrected chi connectivity index (χ1v) is 16.9. The van der Waals surface area contributed by atoms with Gasteiger partial charge in [-0.05, 0) is 60.7 Å². The third-order valence-electron chi connectivity index (χ3n) is 7.34. The van der Waals surface area contributed by atoms with Gasteiger partial charge >= 0.3 is 0 Å². The highest BCUT2D eigenvalue weighted by molar-refractivity contribution is 7.24. The molecule has 0 bridgehead atoms. The van der Waals surface area contributed by atoms with Gasteiger partial charge in [-0.3, -0.25) is 9.59 Å². The first-order chi connectivity index (χ1) is 23.0. The molecule has 4 aromatic carbocycles. The molecule has 11 heteroatoms. The molecule has 0 aliphatic heterocycles. The molecule has 0 spiro atoms. The van der Waals surface area contributed by atoms with Crippen molar-refractivity contribution in [2.75, 3.05) is 52.9 Å². The van der Waals surface area contributed by atoms with E-state index in [4.69, 9.17) is 23.7 Å². The molecule has 0 aliphatic rings. The first kappa shape index (κ1) is 33.0. The maximum absolute atomic E-state index is 12.9. The van der Waals surface area contributed by atoms with Gasteiger partial charge in [0.15, 0.2) is 10.9 Å². The van der Waals surface area contributed by atoms with E-state index in [1.807, 2.05) is 60.7 Å². The zero-order valence-electron chi connectivity index (χ0n) is 25.5. The molecule has 6 aromatic rings. The van der Waals surface area contributed by atoms with Crippen LogP contribution in [-0.2, 0) is 14.2 Å². The number of aliphatic hydroxyl groups excluding tert-OH is 2.